The average molecular weight is 272 g/mol. The van der Waals surface area contributed by atoms with Crippen molar-refractivity contribution in [3.8, 4) is 0 Å². The highest BCUT2D eigenvalue weighted by atomic mass is 16.4. The van der Waals surface area contributed by atoms with Gasteiger partial charge in [-0.25, -0.2) is 0 Å². The van der Waals surface area contributed by atoms with Crippen LogP contribution >= 0.6 is 0 Å². The molecule has 1 aromatic carbocycles. The Morgan fingerprint density at radius 1 is 1.20 bits per heavy atom. The van der Waals surface area contributed by atoms with E-state index in [1.165, 1.54) is 31.5 Å². The summed E-state index contributed by atoms with van der Waals surface area (Å²) in [6, 6.07) is 11.1. The number of anilines is 1. The van der Waals surface area contributed by atoms with Gasteiger partial charge in [-0.2, -0.15) is 0 Å². The van der Waals surface area contributed by atoms with Crippen LogP contribution in [-0.2, 0) is 0 Å². The highest BCUT2D eigenvalue weighted by Crippen LogP contribution is 2.21. The first kappa shape index (κ1) is 13.1. The lowest BCUT2D eigenvalue weighted by Crippen LogP contribution is -2.29. The molecule has 1 saturated heterocycles. The van der Waals surface area contributed by atoms with Crippen LogP contribution in [0.1, 0.15) is 30.3 Å². The fourth-order valence-corrected chi connectivity index (χ4v) is 2.65. The molecule has 1 aliphatic rings. The van der Waals surface area contributed by atoms with Gasteiger partial charge in [0.15, 0.2) is 0 Å². The zero-order chi connectivity index (χ0) is 13.8. The average Bonchev–Trinajstić information content (AvgIpc) is 3.11. The van der Waals surface area contributed by atoms with Crippen molar-refractivity contribution in [2.75, 3.05) is 25.0 Å². The fraction of sp³-hybridized carbons (Fsp3) is 0.467. The van der Waals surface area contributed by atoms with Gasteiger partial charge in [0.2, 0.25) is 5.89 Å². The van der Waals surface area contributed by atoms with Crippen molar-refractivity contribution in [1.82, 2.24) is 15.1 Å². The number of hydrogen-bond acceptors (Lipinski definition) is 5. The van der Waals surface area contributed by atoms with Crippen LogP contribution < -0.4 is 5.32 Å². The van der Waals surface area contributed by atoms with Crippen LogP contribution in [0.2, 0.25) is 0 Å². The van der Waals surface area contributed by atoms with Crippen molar-refractivity contribution in [3.05, 3.63) is 41.8 Å². The molecule has 1 fully saturated rings. The second kappa shape index (κ2) is 6.05. The topological polar surface area (TPSA) is 54.2 Å². The van der Waals surface area contributed by atoms with Crippen LogP contribution in [-0.4, -0.2) is 34.7 Å². The molecular formula is C15H20N4O. The van der Waals surface area contributed by atoms with Crippen LogP contribution in [0.5, 0.6) is 0 Å². The first-order valence-electron chi connectivity index (χ1n) is 7.15. The minimum atomic E-state index is 0.175. The number of nitrogens with one attached hydrogen (secondary N) is 1. The first-order chi connectivity index (χ1) is 9.81. The SMILES string of the molecule is Cc1nnc(NC(CN2CCCC2)c2ccccc2)o1. The van der Waals surface area contributed by atoms with Gasteiger partial charge in [0, 0.05) is 13.5 Å². The lowest BCUT2D eigenvalue weighted by molar-refractivity contribution is 0.321. The summed E-state index contributed by atoms with van der Waals surface area (Å²) >= 11 is 0. The zero-order valence-corrected chi connectivity index (χ0v) is 11.7. The quantitative estimate of drug-likeness (QED) is 0.906. The molecule has 1 unspecified atom stereocenters. The van der Waals surface area contributed by atoms with Gasteiger partial charge >= 0.3 is 6.01 Å². The van der Waals surface area contributed by atoms with Gasteiger partial charge in [0.05, 0.1) is 6.04 Å². The van der Waals surface area contributed by atoms with Gasteiger partial charge < -0.3 is 14.6 Å². The van der Waals surface area contributed by atoms with E-state index in [9.17, 15) is 0 Å². The lowest BCUT2D eigenvalue weighted by Gasteiger charge is -2.24. The van der Waals surface area contributed by atoms with Crippen molar-refractivity contribution >= 4 is 6.01 Å². The Labute approximate surface area is 119 Å². The van der Waals surface area contributed by atoms with Crippen LogP contribution in [0.4, 0.5) is 6.01 Å². The summed E-state index contributed by atoms with van der Waals surface area (Å²) in [5.41, 5.74) is 1.25. The molecule has 3 rings (SSSR count). The van der Waals surface area contributed by atoms with E-state index >= 15 is 0 Å². The minimum absolute atomic E-state index is 0.175. The van der Waals surface area contributed by atoms with Crippen LogP contribution in [0.25, 0.3) is 0 Å². The summed E-state index contributed by atoms with van der Waals surface area (Å²) in [6.07, 6.45) is 2.59. The second-order valence-electron chi connectivity index (χ2n) is 5.24. The number of likely N-dealkylation sites (tertiary alicyclic amines) is 1. The largest absolute Gasteiger partial charge is 0.408 e. The third-order valence-corrected chi connectivity index (χ3v) is 3.67. The highest BCUT2D eigenvalue weighted by molar-refractivity contribution is 5.29. The molecule has 2 aromatic rings. The lowest BCUT2D eigenvalue weighted by atomic mass is 10.1. The Morgan fingerprint density at radius 3 is 2.60 bits per heavy atom. The van der Waals surface area contributed by atoms with Crippen molar-refractivity contribution < 1.29 is 4.42 Å². The molecule has 0 amide bonds. The maximum atomic E-state index is 5.45. The molecule has 1 N–H and O–H groups in total. The molecular weight excluding hydrogens is 252 g/mol. The second-order valence-corrected chi connectivity index (χ2v) is 5.24. The number of aryl methyl sites for hydroxylation is 1. The van der Waals surface area contributed by atoms with E-state index in [1.54, 1.807) is 6.92 Å². The van der Waals surface area contributed by atoms with Crippen LogP contribution in [0.3, 0.4) is 0 Å². The Balaban J connectivity index is 1.75. The Bertz CT molecular complexity index is 534. The molecule has 2 heterocycles. The minimum Gasteiger partial charge on any atom is -0.408 e. The van der Waals surface area contributed by atoms with Gasteiger partial charge in [-0.05, 0) is 31.5 Å². The molecule has 0 saturated carbocycles. The molecule has 20 heavy (non-hydrogen) atoms. The summed E-state index contributed by atoms with van der Waals surface area (Å²) in [4.78, 5) is 2.48. The zero-order valence-electron chi connectivity index (χ0n) is 11.7. The summed E-state index contributed by atoms with van der Waals surface area (Å²) in [5.74, 6) is 0.584. The smallest absolute Gasteiger partial charge is 0.315 e. The number of nitrogens with zero attached hydrogens (tertiary/aromatic N) is 3. The van der Waals surface area contributed by atoms with E-state index in [4.69, 9.17) is 4.42 Å². The summed E-state index contributed by atoms with van der Waals surface area (Å²) in [7, 11) is 0. The number of rotatable bonds is 5. The van der Waals surface area contributed by atoms with E-state index in [0.717, 1.165) is 6.54 Å². The summed E-state index contributed by atoms with van der Waals surface area (Å²) < 4.78 is 5.45. The van der Waals surface area contributed by atoms with Gasteiger partial charge in [-0.1, -0.05) is 35.4 Å². The molecule has 1 atom stereocenters. The molecule has 5 heteroatoms. The van der Waals surface area contributed by atoms with Crippen LogP contribution in [0, 0.1) is 6.92 Å². The van der Waals surface area contributed by atoms with E-state index in [2.05, 4.69) is 44.7 Å². The van der Waals surface area contributed by atoms with Gasteiger partial charge in [-0.3, -0.25) is 0 Å². The third kappa shape index (κ3) is 3.17. The molecule has 0 radical (unpaired) electrons. The summed E-state index contributed by atoms with van der Waals surface area (Å²) in [6.45, 7) is 5.11. The number of benzene rings is 1. The van der Waals surface area contributed by atoms with Crippen molar-refractivity contribution in [2.24, 2.45) is 0 Å². The van der Waals surface area contributed by atoms with Gasteiger partial charge in [0.1, 0.15) is 0 Å². The molecule has 1 aliphatic heterocycles. The van der Waals surface area contributed by atoms with E-state index in [0.29, 0.717) is 11.9 Å². The standard InChI is InChI=1S/C15H20N4O/c1-12-17-18-15(20-12)16-14(11-19-9-5-6-10-19)13-7-3-2-4-8-13/h2-4,7-8,14H,5-6,9-11H2,1H3,(H,16,18). The maximum Gasteiger partial charge on any atom is 0.315 e. The predicted octanol–water partition coefficient (Wildman–Crippen LogP) is 2.63. The van der Waals surface area contributed by atoms with E-state index < -0.39 is 0 Å². The Hall–Kier alpha value is -1.88. The third-order valence-electron chi connectivity index (χ3n) is 3.67. The number of hydrogen-bond donors (Lipinski definition) is 1. The fourth-order valence-electron chi connectivity index (χ4n) is 2.65. The van der Waals surface area contributed by atoms with Gasteiger partial charge in [-0.15, -0.1) is 5.10 Å². The van der Waals surface area contributed by atoms with Crippen LogP contribution in [0.15, 0.2) is 34.7 Å². The molecule has 0 spiro atoms. The molecule has 0 aliphatic carbocycles. The van der Waals surface area contributed by atoms with E-state index in [1.807, 2.05) is 6.07 Å². The molecule has 0 bridgehead atoms. The molecule has 106 valence electrons. The monoisotopic (exact) mass is 272 g/mol. The summed E-state index contributed by atoms with van der Waals surface area (Å²) in [5, 5.41) is 11.3. The molecule has 1 aromatic heterocycles. The van der Waals surface area contributed by atoms with Crippen molar-refractivity contribution in [2.45, 2.75) is 25.8 Å². The predicted molar refractivity (Wildman–Crippen MR) is 77.5 cm³/mol. The molecule has 5 nitrogen and oxygen atoms in total. The Kier molecular flexibility index (Phi) is 3.97. The van der Waals surface area contributed by atoms with Crippen molar-refractivity contribution in [1.29, 1.82) is 0 Å². The first-order valence-corrected chi connectivity index (χ1v) is 7.15. The van der Waals surface area contributed by atoms with E-state index in [-0.39, 0.29) is 6.04 Å². The van der Waals surface area contributed by atoms with Crippen molar-refractivity contribution in [3.63, 3.8) is 0 Å². The van der Waals surface area contributed by atoms with Gasteiger partial charge in [0.25, 0.3) is 0 Å². The normalized spacial score (nSPS) is 17.2. The Morgan fingerprint density at radius 2 is 1.95 bits per heavy atom. The number of aromatic nitrogens is 2. The highest BCUT2D eigenvalue weighted by Gasteiger charge is 2.20. The maximum absolute atomic E-state index is 5.45.